The highest BCUT2D eigenvalue weighted by atomic mass is 79.9. The van der Waals surface area contributed by atoms with Crippen molar-refractivity contribution >= 4 is 33.6 Å². The maximum Gasteiger partial charge on any atom is 0.408 e. The highest BCUT2D eigenvalue weighted by Gasteiger charge is 2.38. The summed E-state index contributed by atoms with van der Waals surface area (Å²) < 4.78 is 0.878. The van der Waals surface area contributed by atoms with Crippen LogP contribution in [0.4, 0.5) is 10.5 Å². The van der Waals surface area contributed by atoms with Crippen molar-refractivity contribution in [2.45, 2.75) is 52.2 Å². The minimum Gasteiger partial charge on any atom is -0.465 e. The van der Waals surface area contributed by atoms with E-state index in [1.54, 1.807) is 11.8 Å². The lowest BCUT2D eigenvalue weighted by atomic mass is 9.90. The zero-order valence-electron chi connectivity index (χ0n) is 13.2. The highest BCUT2D eigenvalue weighted by molar-refractivity contribution is 9.10. The second-order valence-corrected chi connectivity index (χ2v) is 6.89. The van der Waals surface area contributed by atoms with Gasteiger partial charge >= 0.3 is 6.09 Å². The lowest BCUT2D eigenvalue weighted by molar-refractivity contribution is -0.117. The number of halogens is 1. The Morgan fingerprint density at radius 2 is 2.05 bits per heavy atom. The first-order valence-electron chi connectivity index (χ1n) is 7.34. The molecule has 0 aromatic heterocycles. The van der Waals surface area contributed by atoms with E-state index >= 15 is 0 Å². The van der Waals surface area contributed by atoms with Crippen LogP contribution < -0.4 is 4.90 Å². The molecule has 1 N–H and O–H groups in total. The van der Waals surface area contributed by atoms with E-state index in [1.165, 1.54) is 4.90 Å². The smallest absolute Gasteiger partial charge is 0.408 e. The largest absolute Gasteiger partial charge is 0.465 e. The molecule has 0 fully saturated rings. The Labute approximate surface area is 139 Å². The molecule has 22 heavy (non-hydrogen) atoms. The number of anilines is 1. The Morgan fingerprint density at radius 3 is 2.55 bits per heavy atom. The first-order valence-corrected chi connectivity index (χ1v) is 8.13. The van der Waals surface area contributed by atoms with Gasteiger partial charge in [0.25, 0.3) is 0 Å². The lowest BCUT2D eigenvalue weighted by Crippen LogP contribution is -2.48. The normalized spacial score (nSPS) is 20.7. The van der Waals surface area contributed by atoms with Crippen LogP contribution in [0, 0.1) is 0 Å². The van der Waals surface area contributed by atoms with Crippen molar-refractivity contribution in [2.75, 3.05) is 4.90 Å². The number of nitrogens with zero attached hydrogens (tertiary/aromatic N) is 2. The van der Waals surface area contributed by atoms with E-state index in [4.69, 9.17) is 0 Å². The van der Waals surface area contributed by atoms with E-state index in [9.17, 15) is 14.7 Å². The summed E-state index contributed by atoms with van der Waals surface area (Å²) in [6.45, 7) is 7.24. The van der Waals surface area contributed by atoms with Crippen molar-refractivity contribution in [3.8, 4) is 0 Å². The van der Waals surface area contributed by atoms with Gasteiger partial charge in [0, 0.05) is 29.2 Å². The molecule has 2 rings (SSSR count). The highest BCUT2D eigenvalue weighted by Crippen LogP contribution is 2.42. The molecule has 5 nitrogen and oxygen atoms in total. The second-order valence-electron chi connectivity index (χ2n) is 5.98. The summed E-state index contributed by atoms with van der Waals surface area (Å²) in [5, 5.41) is 9.59. The minimum absolute atomic E-state index is 0.0269. The second kappa shape index (κ2) is 6.28. The molecule has 0 radical (unpaired) electrons. The van der Waals surface area contributed by atoms with Gasteiger partial charge < -0.3 is 10.0 Å². The van der Waals surface area contributed by atoms with Gasteiger partial charge in [0.2, 0.25) is 5.91 Å². The van der Waals surface area contributed by atoms with Crippen LogP contribution >= 0.6 is 15.9 Å². The molecule has 0 bridgehead atoms. The van der Waals surface area contributed by atoms with Crippen molar-refractivity contribution in [3.05, 3.63) is 28.2 Å². The van der Waals surface area contributed by atoms with Crippen LogP contribution in [0.3, 0.4) is 0 Å². The van der Waals surface area contributed by atoms with E-state index < -0.39 is 6.09 Å². The third-order valence-electron chi connectivity index (χ3n) is 4.07. The standard InChI is InChI=1S/C16H21BrN2O3/c1-9(2)18(16(21)22)15-7-10(3)19(11(4)20)14-6-5-12(17)8-13(14)15/h5-6,8-10,15H,7H2,1-4H3,(H,21,22). The molecule has 1 aromatic rings. The van der Waals surface area contributed by atoms with E-state index in [0.717, 1.165) is 15.7 Å². The lowest BCUT2D eigenvalue weighted by Gasteiger charge is -2.43. The number of carboxylic acid groups (broad SMARTS) is 1. The molecule has 1 aliphatic heterocycles. The molecule has 0 spiro atoms. The number of benzene rings is 1. The van der Waals surface area contributed by atoms with Gasteiger partial charge in [0.1, 0.15) is 0 Å². The van der Waals surface area contributed by atoms with Crippen LogP contribution in [-0.4, -0.2) is 34.1 Å². The quantitative estimate of drug-likeness (QED) is 0.857. The Kier molecular flexibility index (Phi) is 4.80. The minimum atomic E-state index is -0.936. The summed E-state index contributed by atoms with van der Waals surface area (Å²) in [7, 11) is 0. The Balaban J connectivity index is 2.59. The van der Waals surface area contributed by atoms with Gasteiger partial charge in [-0.2, -0.15) is 0 Å². The average molecular weight is 369 g/mol. The fourth-order valence-corrected chi connectivity index (χ4v) is 3.64. The van der Waals surface area contributed by atoms with Crippen LogP contribution in [0.25, 0.3) is 0 Å². The molecule has 1 aromatic carbocycles. The average Bonchev–Trinajstić information content (AvgIpc) is 2.38. The van der Waals surface area contributed by atoms with Crippen molar-refractivity contribution in [2.24, 2.45) is 0 Å². The maximum atomic E-state index is 12.0. The van der Waals surface area contributed by atoms with E-state index in [-0.39, 0.29) is 24.0 Å². The maximum absolute atomic E-state index is 12.0. The zero-order valence-corrected chi connectivity index (χ0v) is 14.8. The summed E-state index contributed by atoms with van der Waals surface area (Å²) in [6.07, 6.45) is -0.345. The molecule has 1 heterocycles. The molecule has 0 aliphatic carbocycles. The number of amides is 2. The first-order chi connectivity index (χ1) is 10.2. The van der Waals surface area contributed by atoms with Crippen LogP contribution in [-0.2, 0) is 4.79 Å². The Hall–Kier alpha value is -1.56. The number of rotatable bonds is 2. The summed E-state index contributed by atoms with van der Waals surface area (Å²) in [6, 6.07) is 5.24. The molecule has 2 unspecified atom stereocenters. The van der Waals surface area contributed by atoms with Gasteiger partial charge in [-0.1, -0.05) is 15.9 Å². The molecule has 120 valence electrons. The van der Waals surface area contributed by atoms with Crippen molar-refractivity contribution in [1.82, 2.24) is 4.90 Å². The van der Waals surface area contributed by atoms with Gasteiger partial charge in [0.15, 0.2) is 0 Å². The molecule has 0 saturated heterocycles. The zero-order chi connectivity index (χ0) is 16.6. The molecule has 1 aliphatic rings. The first kappa shape index (κ1) is 16.8. The third-order valence-corrected chi connectivity index (χ3v) is 4.56. The molecule has 0 saturated carbocycles. The van der Waals surface area contributed by atoms with E-state index in [2.05, 4.69) is 15.9 Å². The summed E-state index contributed by atoms with van der Waals surface area (Å²) in [4.78, 5) is 26.9. The molecule has 2 amide bonds. The number of carbonyl (C=O) groups excluding carboxylic acids is 1. The van der Waals surface area contributed by atoms with Gasteiger partial charge in [-0.25, -0.2) is 4.79 Å². The van der Waals surface area contributed by atoms with Crippen molar-refractivity contribution < 1.29 is 14.7 Å². The number of hydrogen-bond donors (Lipinski definition) is 1. The van der Waals surface area contributed by atoms with Gasteiger partial charge in [-0.15, -0.1) is 0 Å². The van der Waals surface area contributed by atoms with E-state index in [0.29, 0.717) is 6.42 Å². The number of hydrogen-bond acceptors (Lipinski definition) is 2. The summed E-state index contributed by atoms with van der Waals surface area (Å²) >= 11 is 3.44. The summed E-state index contributed by atoms with van der Waals surface area (Å²) in [5.41, 5.74) is 1.67. The molecule has 6 heteroatoms. The van der Waals surface area contributed by atoms with E-state index in [1.807, 2.05) is 39.0 Å². The van der Waals surface area contributed by atoms with Crippen molar-refractivity contribution in [3.63, 3.8) is 0 Å². The SMILES string of the molecule is CC(=O)N1c2ccc(Br)cc2C(N(C(=O)O)C(C)C)CC1C. The monoisotopic (exact) mass is 368 g/mol. The fraction of sp³-hybridized carbons (Fsp3) is 0.500. The topological polar surface area (TPSA) is 60.9 Å². The molecular weight excluding hydrogens is 348 g/mol. The van der Waals surface area contributed by atoms with Gasteiger partial charge in [-0.05, 0) is 51.0 Å². The van der Waals surface area contributed by atoms with Crippen LogP contribution in [0.2, 0.25) is 0 Å². The van der Waals surface area contributed by atoms with Crippen LogP contribution in [0.15, 0.2) is 22.7 Å². The fourth-order valence-electron chi connectivity index (χ4n) is 3.26. The van der Waals surface area contributed by atoms with Gasteiger partial charge in [0.05, 0.1) is 6.04 Å². The van der Waals surface area contributed by atoms with Crippen LogP contribution in [0.1, 0.15) is 45.7 Å². The van der Waals surface area contributed by atoms with Crippen molar-refractivity contribution in [1.29, 1.82) is 0 Å². The molecule has 2 atom stereocenters. The molecular formula is C16H21BrN2O3. The third kappa shape index (κ3) is 2.97. The Morgan fingerprint density at radius 1 is 1.41 bits per heavy atom. The predicted octanol–water partition coefficient (Wildman–Crippen LogP) is 4.02. The van der Waals surface area contributed by atoms with Crippen LogP contribution in [0.5, 0.6) is 0 Å². The Bertz CT molecular complexity index is 603. The predicted molar refractivity (Wildman–Crippen MR) is 89.1 cm³/mol. The van der Waals surface area contributed by atoms with Gasteiger partial charge in [-0.3, -0.25) is 9.69 Å². The number of fused-ring (bicyclic) bond motifs is 1. The number of carbonyl (C=O) groups is 2. The summed E-state index contributed by atoms with van der Waals surface area (Å²) in [5.74, 6) is -0.0269.